The van der Waals surface area contributed by atoms with Crippen LogP contribution in [0.5, 0.6) is 0 Å². The van der Waals surface area contributed by atoms with Crippen molar-refractivity contribution < 1.29 is 9.18 Å². The van der Waals surface area contributed by atoms with Gasteiger partial charge in [0.05, 0.1) is 0 Å². The summed E-state index contributed by atoms with van der Waals surface area (Å²) in [4.78, 5) is 11.8. The van der Waals surface area contributed by atoms with E-state index in [0.717, 1.165) is 18.4 Å². The predicted octanol–water partition coefficient (Wildman–Crippen LogP) is 3.83. The van der Waals surface area contributed by atoms with Crippen LogP contribution in [0, 0.1) is 5.82 Å². The maximum atomic E-state index is 12.7. The molecule has 0 aliphatic heterocycles. The van der Waals surface area contributed by atoms with Gasteiger partial charge < -0.3 is 0 Å². The van der Waals surface area contributed by atoms with Crippen molar-refractivity contribution in [1.82, 2.24) is 0 Å². The summed E-state index contributed by atoms with van der Waals surface area (Å²) in [5.74, 6) is -0.0269. The first-order valence-electron chi connectivity index (χ1n) is 6.18. The van der Waals surface area contributed by atoms with Crippen molar-refractivity contribution in [2.75, 3.05) is 0 Å². The van der Waals surface area contributed by atoms with Crippen LogP contribution in [-0.2, 0) is 11.2 Å². The van der Waals surface area contributed by atoms with Gasteiger partial charge in [0, 0.05) is 12.8 Å². The van der Waals surface area contributed by atoms with Gasteiger partial charge in [-0.1, -0.05) is 23.8 Å². The lowest BCUT2D eigenvalue weighted by Gasteiger charge is -2.11. The fraction of sp³-hybridized carbons (Fsp3) is 0.400. The van der Waals surface area contributed by atoms with Gasteiger partial charge in [-0.3, -0.25) is 4.79 Å². The molecular formula is C15H17FO. The third-order valence-corrected chi connectivity index (χ3v) is 3.12. The number of hydrogen-bond donors (Lipinski definition) is 0. The average Bonchev–Trinajstić information content (AvgIpc) is 2.33. The van der Waals surface area contributed by atoms with Crippen LogP contribution in [-0.4, -0.2) is 5.78 Å². The highest BCUT2D eigenvalue weighted by molar-refractivity contribution is 5.83. The number of rotatable bonds is 4. The molecule has 1 aliphatic rings. The van der Waals surface area contributed by atoms with Crippen LogP contribution in [0.25, 0.3) is 0 Å². The van der Waals surface area contributed by atoms with E-state index in [2.05, 4.69) is 6.08 Å². The average molecular weight is 232 g/mol. The second kappa shape index (κ2) is 5.76. The highest BCUT2D eigenvalue weighted by Crippen LogP contribution is 2.20. The topological polar surface area (TPSA) is 17.1 Å². The van der Waals surface area contributed by atoms with Gasteiger partial charge in [-0.2, -0.15) is 0 Å². The molecule has 17 heavy (non-hydrogen) atoms. The van der Waals surface area contributed by atoms with Gasteiger partial charge in [-0.05, 0) is 43.4 Å². The van der Waals surface area contributed by atoms with Gasteiger partial charge in [-0.15, -0.1) is 0 Å². The number of halogens is 1. The molecule has 1 aliphatic carbocycles. The van der Waals surface area contributed by atoms with E-state index in [9.17, 15) is 9.18 Å². The summed E-state index contributed by atoms with van der Waals surface area (Å²) < 4.78 is 12.7. The Labute approximate surface area is 101 Å². The molecule has 0 saturated heterocycles. The van der Waals surface area contributed by atoms with Gasteiger partial charge >= 0.3 is 0 Å². The van der Waals surface area contributed by atoms with E-state index in [1.165, 1.54) is 30.5 Å². The maximum Gasteiger partial charge on any atom is 0.141 e. The summed E-state index contributed by atoms with van der Waals surface area (Å²) >= 11 is 0. The van der Waals surface area contributed by atoms with Gasteiger partial charge in [0.2, 0.25) is 0 Å². The molecule has 0 heterocycles. The van der Waals surface area contributed by atoms with Crippen LogP contribution in [0.3, 0.4) is 0 Å². The Balaban J connectivity index is 1.88. The highest BCUT2D eigenvalue weighted by Gasteiger charge is 2.09. The van der Waals surface area contributed by atoms with E-state index in [0.29, 0.717) is 12.8 Å². The number of carbonyl (C=O) groups excluding carboxylic acids is 1. The van der Waals surface area contributed by atoms with Gasteiger partial charge in [0.1, 0.15) is 11.6 Å². The van der Waals surface area contributed by atoms with E-state index in [4.69, 9.17) is 0 Å². The lowest BCUT2D eigenvalue weighted by molar-refractivity contribution is -0.117. The second-order valence-corrected chi connectivity index (χ2v) is 4.63. The highest BCUT2D eigenvalue weighted by atomic mass is 19.1. The summed E-state index contributed by atoms with van der Waals surface area (Å²) in [5.41, 5.74) is 2.18. The Bertz CT molecular complexity index is 417. The van der Waals surface area contributed by atoms with E-state index in [1.54, 1.807) is 12.1 Å². The Hall–Kier alpha value is -1.44. The Morgan fingerprint density at radius 1 is 1.12 bits per heavy atom. The van der Waals surface area contributed by atoms with Crippen molar-refractivity contribution in [2.45, 2.75) is 38.5 Å². The molecular weight excluding hydrogens is 215 g/mol. The number of Topliss-reactive ketones (excluding diaryl/α,β-unsaturated/α-hetero) is 1. The molecule has 0 spiro atoms. The zero-order chi connectivity index (χ0) is 12.1. The van der Waals surface area contributed by atoms with Gasteiger partial charge in [0.15, 0.2) is 0 Å². The number of ketones is 1. The summed E-state index contributed by atoms with van der Waals surface area (Å²) in [6.07, 6.45) is 7.81. The lowest BCUT2D eigenvalue weighted by Crippen LogP contribution is -2.05. The number of hydrogen-bond acceptors (Lipinski definition) is 1. The molecule has 0 bridgehead atoms. The monoisotopic (exact) mass is 232 g/mol. The molecule has 0 atom stereocenters. The van der Waals surface area contributed by atoms with E-state index < -0.39 is 0 Å². The number of allylic oxidation sites excluding steroid dienone is 2. The van der Waals surface area contributed by atoms with Crippen molar-refractivity contribution in [3.63, 3.8) is 0 Å². The fourth-order valence-electron chi connectivity index (χ4n) is 2.21. The molecule has 0 amide bonds. The largest absolute Gasteiger partial charge is 0.299 e. The smallest absolute Gasteiger partial charge is 0.141 e. The predicted molar refractivity (Wildman–Crippen MR) is 66.3 cm³/mol. The van der Waals surface area contributed by atoms with Crippen molar-refractivity contribution in [3.8, 4) is 0 Å². The molecule has 2 rings (SSSR count). The third kappa shape index (κ3) is 3.81. The zero-order valence-corrected chi connectivity index (χ0v) is 9.92. The van der Waals surface area contributed by atoms with Crippen LogP contribution in [0.2, 0.25) is 0 Å². The van der Waals surface area contributed by atoms with Gasteiger partial charge in [-0.25, -0.2) is 4.39 Å². The first-order chi connectivity index (χ1) is 8.24. The van der Waals surface area contributed by atoms with Crippen LogP contribution in [0.15, 0.2) is 35.9 Å². The van der Waals surface area contributed by atoms with Crippen molar-refractivity contribution in [1.29, 1.82) is 0 Å². The zero-order valence-electron chi connectivity index (χ0n) is 9.92. The SMILES string of the molecule is O=C(CC1=CCCCC1)Cc1ccc(F)cc1. The quantitative estimate of drug-likeness (QED) is 0.721. The maximum absolute atomic E-state index is 12.7. The van der Waals surface area contributed by atoms with E-state index in [-0.39, 0.29) is 11.6 Å². The molecule has 0 unspecified atom stereocenters. The second-order valence-electron chi connectivity index (χ2n) is 4.63. The minimum atomic E-state index is -0.254. The molecule has 0 N–H and O–H groups in total. The molecule has 1 aromatic carbocycles. The normalized spacial score (nSPS) is 15.5. The molecule has 0 aromatic heterocycles. The number of carbonyl (C=O) groups is 1. The molecule has 1 nitrogen and oxygen atoms in total. The van der Waals surface area contributed by atoms with Crippen LogP contribution in [0.4, 0.5) is 4.39 Å². The van der Waals surface area contributed by atoms with Gasteiger partial charge in [0.25, 0.3) is 0 Å². The van der Waals surface area contributed by atoms with E-state index >= 15 is 0 Å². The molecule has 0 radical (unpaired) electrons. The Kier molecular flexibility index (Phi) is 4.08. The lowest BCUT2D eigenvalue weighted by atomic mass is 9.94. The van der Waals surface area contributed by atoms with Crippen molar-refractivity contribution in [3.05, 3.63) is 47.3 Å². The summed E-state index contributed by atoms with van der Waals surface area (Å²) in [5, 5.41) is 0. The molecule has 2 heteroatoms. The van der Waals surface area contributed by atoms with Crippen LogP contribution in [0.1, 0.15) is 37.7 Å². The van der Waals surface area contributed by atoms with Crippen LogP contribution >= 0.6 is 0 Å². The van der Waals surface area contributed by atoms with E-state index in [1.807, 2.05) is 0 Å². The van der Waals surface area contributed by atoms with Crippen LogP contribution < -0.4 is 0 Å². The first kappa shape index (κ1) is 12.0. The third-order valence-electron chi connectivity index (χ3n) is 3.12. The van der Waals surface area contributed by atoms with Crippen molar-refractivity contribution >= 4 is 5.78 Å². The molecule has 0 saturated carbocycles. The minimum absolute atomic E-state index is 0.227. The Morgan fingerprint density at radius 2 is 1.88 bits per heavy atom. The molecule has 1 aromatic rings. The molecule has 0 fully saturated rings. The summed E-state index contributed by atoms with van der Waals surface area (Å²) in [6, 6.07) is 6.18. The standard InChI is InChI=1S/C15H17FO/c16-14-8-6-13(7-9-14)11-15(17)10-12-4-2-1-3-5-12/h4,6-9H,1-3,5,10-11H2. The Morgan fingerprint density at radius 3 is 2.53 bits per heavy atom. The molecule has 90 valence electrons. The fourth-order valence-corrected chi connectivity index (χ4v) is 2.21. The van der Waals surface area contributed by atoms with Crippen molar-refractivity contribution in [2.24, 2.45) is 0 Å². The summed E-state index contributed by atoms with van der Waals surface area (Å²) in [6.45, 7) is 0. The first-order valence-corrected chi connectivity index (χ1v) is 6.18. The summed E-state index contributed by atoms with van der Waals surface area (Å²) in [7, 11) is 0. The number of benzene rings is 1. The minimum Gasteiger partial charge on any atom is -0.299 e.